The van der Waals surface area contributed by atoms with Gasteiger partial charge in [0.05, 0.1) is 11.2 Å². The molecule has 5 nitrogen and oxygen atoms in total. The van der Waals surface area contributed by atoms with Gasteiger partial charge >= 0.3 is 0 Å². The molecule has 0 atom stereocenters. The lowest BCUT2D eigenvalue weighted by Crippen LogP contribution is -2.04. The highest BCUT2D eigenvalue weighted by atomic mass is 16.5. The number of hydrogen-bond acceptors (Lipinski definition) is 5. The van der Waals surface area contributed by atoms with Crippen LogP contribution in [0.4, 0.5) is 0 Å². The van der Waals surface area contributed by atoms with E-state index < -0.39 is 0 Å². The van der Waals surface area contributed by atoms with Crippen LogP contribution in [0.5, 0.6) is 5.75 Å². The molecular weight excluding hydrogens is 384 g/mol. The summed E-state index contributed by atoms with van der Waals surface area (Å²) in [5, 5.41) is 1.14. The van der Waals surface area contributed by atoms with Crippen molar-refractivity contribution in [3.05, 3.63) is 102 Å². The summed E-state index contributed by atoms with van der Waals surface area (Å²) in [5.41, 5.74) is 12.9. The fourth-order valence-corrected chi connectivity index (χ4v) is 3.41. The Morgan fingerprint density at radius 1 is 1.00 bits per heavy atom. The van der Waals surface area contributed by atoms with Gasteiger partial charge < -0.3 is 10.5 Å². The van der Waals surface area contributed by atoms with Crippen molar-refractivity contribution >= 4 is 28.4 Å². The minimum absolute atomic E-state index is 0.409. The molecule has 0 bridgehead atoms. The molecule has 5 heteroatoms. The van der Waals surface area contributed by atoms with Crippen molar-refractivity contribution in [3.8, 4) is 5.75 Å². The van der Waals surface area contributed by atoms with Crippen molar-refractivity contribution in [2.75, 3.05) is 7.05 Å². The van der Waals surface area contributed by atoms with Crippen molar-refractivity contribution in [1.29, 1.82) is 0 Å². The van der Waals surface area contributed by atoms with Crippen molar-refractivity contribution < 1.29 is 4.74 Å². The van der Waals surface area contributed by atoms with Gasteiger partial charge in [-0.15, -0.1) is 0 Å². The molecule has 0 saturated heterocycles. The van der Waals surface area contributed by atoms with Gasteiger partial charge in [-0.2, -0.15) is 0 Å². The maximum atomic E-state index is 6.46. The fourth-order valence-electron chi connectivity index (χ4n) is 3.41. The van der Waals surface area contributed by atoms with Crippen LogP contribution in [0.15, 0.2) is 84.1 Å². The Morgan fingerprint density at radius 2 is 1.74 bits per heavy atom. The Bertz CT molecular complexity index is 1250. The van der Waals surface area contributed by atoms with Crippen molar-refractivity contribution in [2.45, 2.75) is 13.5 Å². The Balaban J connectivity index is 1.54. The van der Waals surface area contributed by atoms with E-state index in [4.69, 9.17) is 15.5 Å². The number of allylic oxidation sites excluding steroid dienone is 1. The number of para-hydroxylation sites is 1. The van der Waals surface area contributed by atoms with E-state index >= 15 is 0 Å². The van der Waals surface area contributed by atoms with Gasteiger partial charge in [0, 0.05) is 42.3 Å². The Labute approximate surface area is 182 Å². The molecule has 0 aliphatic heterocycles. The first-order valence-corrected chi connectivity index (χ1v) is 10.1. The lowest BCUT2D eigenvalue weighted by molar-refractivity contribution is 0.301. The number of aromatic nitrogens is 2. The summed E-state index contributed by atoms with van der Waals surface area (Å²) in [4.78, 5) is 13.0. The Hall–Kier alpha value is -3.99. The van der Waals surface area contributed by atoms with E-state index in [-0.39, 0.29) is 0 Å². The average Bonchev–Trinajstić information content (AvgIpc) is 2.81. The Kier molecular flexibility index (Phi) is 6.03. The quantitative estimate of drug-likeness (QED) is 0.453. The predicted octanol–water partition coefficient (Wildman–Crippen LogP) is 5.04. The van der Waals surface area contributed by atoms with Crippen LogP contribution >= 0.6 is 0 Å². The average molecular weight is 409 g/mol. The minimum atomic E-state index is 0.409. The first-order valence-electron chi connectivity index (χ1n) is 10.1. The molecule has 0 aliphatic rings. The third-order valence-corrected chi connectivity index (χ3v) is 5.10. The first-order chi connectivity index (χ1) is 15.2. The molecule has 0 aliphatic carbocycles. The molecule has 31 heavy (non-hydrogen) atoms. The molecule has 2 aromatic carbocycles. The van der Waals surface area contributed by atoms with Gasteiger partial charge in [0.2, 0.25) is 0 Å². The van der Waals surface area contributed by atoms with Crippen LogP contribution in [-0.2, 0) is 6.61 Å². The maximum absolute atomic E-state index is 6.46. The highest BCUT2D eigenvalue weighted by Gasteiger charge is 2.08. The summed E-state index contributed by atoms with van der Waals surface area (Å²) in [6.45, 7) is 2.47. The summed E-state index contributed by atoms with van der Waals surface area (Å²) in [5.74, 6) is 0.764. The monoisotopic (exact) mass is 408 g/mol. The molecule has 0 radical (unpaired) electrons. The lowest BCUT2D eigenvalue weighted by Gasteiger charge is -2.11. The normalized spacial score (nSPS) is 12.2. The Morgan fingerprint density at radius 3 is 2.48 bits per heavy atom. The molecule has 154 valence electrons. The molecule has 0 saturated carbocycles. The van der Waals surface area contributed by atoms with E-state index in [0.717, 1.165) is 44.6 Å². The van der Waals surface area contributed by atoms with Crippen LogP contribution in [0, 0.1) is 6.92 Å². The lowest BCUT2D eigenvalue weighted by atomic mass is 10.0. The highest BCUT2D eigenvalue weighted by molar-refractivity contribution is 6.18. The third kappa shape index (κ3) is 4.61. The number of rotatable bonds is 6. The molecule has 4 rings (SSSR count). The summed E-state index contributed by atoms with van der Waals surface area (Å²) in [6, 6.07) is 21.8. The largest absolute Gasteiger partial charge is 0.487 e. The second-order valence-electron chi connectivity index (χ2n) is 7.21. The smallest absolute Gasteiger partial charge is 0.130 e. The number of hydrogen-bond donors (Lipinski definition) is 1. The van der Waals surface area contributed by atoms with Crippen LogP contribution < -0.4 is 10.5 Å². The molecule has 0 spiro atoms. The highest BCUT2D eigenvalue weighted by Crippen LogP contribution is 2.24. The number of aryl methyl sites for hydroxylation is 1. The summed E-state index contributed by atoms with van der Waals surface area (Å²) >= 11 is 0. The summed E-state index contributed by atoms with van der Waals surface area (Å²) < 4.78 is 6.00. The van der Waals surface area contributed by atoms with E-state index in [0.29, 0.717) is 12.3 Å². The van der Waals surface area contributed by atoms with Crippen molar-refractivity contribution in [3.63, 3.8) is 0 Å². The van der Waals surface area contributed by atoms with E-state index in [9.17, 15) is 0 Å². The molecule has 2 N–H and O–H groups in total. The summed E-state index contributed by atoms with van der Waals surface area (Å²) in [6.07, 6.45) is 5.25. The molecule has 0 amide bonds. The SMILES string of the molecule is CN=CC(=C(N)c1ccc(OCc2nc3ccccc3cc2C)cc1)c1ccncc1. The van der Waals surface area contributed by atoms with Gasteiger partial charge in [0.1, 0.15) is 12.4 Å². The number of aliphatic imine (C=N–C) groups is 1. The molecular formula is C26H24N4O. The number of ether oxygens (including phenoxy) is 1. The third-order valence-electron chi connectivity index (χ3n) is 5.10. The zero-order chi connectivity index (χ0) is 21.6. The van der Waals surface area contributed by atoms with E-state index in [1.54, 1.807) is 25.7 Å². The van der Waals surface area contributed by atoms with Gasteiger partial charge in [0.25, 0.3) is 0 Å². The summed E-state index contributed by atoms with van der Waals surface area (Å²) in [7, 11) is 1.73. The second kappa shape index (κ2) is 9.22. The van der Waals surface area contributed by atoms with Crippen LogP contribution in [0.25, 0.3) is 22.2 Å². The zero-order valence-electron chi connectivity index (χ0n) is 17.6. The number of benzene rings is 2. The van der Waals surface area contributed by atoms with Crippen molar-refractivity contribution in [2.24, 2.45) is 10.7 Å². The van der Waals surface area contributed by atoms with E-state index in [1.165, 1.54) is 0 Å². The molecule has 0 unspecified atom stereocenters. The first kappa shape index (κ1) is 20.3. The van der Waals surface area contributed by atoms with E-state index in [1.807, 2.05) is 54.6 Å². The topological polar surface area (TPSA) is 73.4 Å². The zero-order valence-corrected chi connectivity index (χ0v) is 17.6. The van der Waals surface area contributed by atoms with Crippen LogP contribution in [0.2, 0.25) is 0 Å². The molecule has 0 fully saturated rings. The maximum Gasteiger partial charge on any atom is 0.130 e. The van der Waals surface area contributed by atoms with E-state index in [2.05, 4.69) is 29.0 Å². The van der Waals surface area contributed by atoms with Gasteiger partial charge in [-0.25, -0.2) is 4.98 Å². The molecule has 2 heterocycles. The van der Waals surface area contributed by atoms with Gasteiger partial charge in [-0.1, -0.05) is 18.2 Å². The van der Waals surface area contributed by atoms with Gasteiger partial charge in [-0.3, -0.25) is 9.98 Å². The standard InChI is InChI=1S/C26H24N4O/c1-18-15-21-5-3-4-6-24(21)30-25(18)17-31-22-9-7-20(8-10-22)26(27)23(16-28-2)19-11-13-29-14-12-19/h3-16H,17,27H2,1-2H3. The fraction of sp³-hybridized carbons (Fsp3) is 0.115. The minimum Gasteiger partial charge on any atom is -0.487 e. The van der Waals surface area contributed by atoms with Crippen LogP contribution in [0.3, 0.4) is 0 Å². The number of pyridine rings is 2. The molecule has 2 aromatic heterocycles. The number of fused-ring (bicyclic) bond motifs is 1. The van der Waals surface area contributed by atoms with Crippen molar-refractivity contribution in [1.82, 2.24) is 9.97 Å². The molecule has 4 aromatic rings. The van der Waals surface area contributed by atoms with Crippen LogP contribution in [-0.4, -0.2) is 23.2 Å². The number of nitrogens with zero attached hydrogens (tertiary/aromatic N) is 3. The van der Waals surface area contributed by atoms with Crippen LogP contribution in [0.1, 0.15) is 22.4 Å². The second-order valence-corrected chi connectivity index (χ2v) is 7.21. The predicted molar refractivity (Wildman–Crippen MR) is 127 cm³/mol. The van der Waals surface area contributed by atoms with Gasteiger partial charge in [-0.05, 0) is 72.1 Å². The van der Waals surface area contributed by atoms with Gasteiger partial charge in [0.15, 0.2) is 0 Å². The number of nitrogens with two attached hydrogens (primary N) is 1.